The van der Waals surface area contributed by atoms with Gasteiger partial charge in [-0.3, -0.25) is 4.79 Å². The first-order chi connectivity index (χ1) is 9.87. The maximum absolute atomic E-state index is 11.2. The Kier molecular flexibility index (Phi) is 10.6. The Balaban J connectivity index is 3.41. The van der Waals surface area contributed by atoms with Crippen LogP contribution in [0.25, 0.3) is 0 Å². The van der Waals surface area contributed by atoms with E-state index in [1.165, 1.54) is 25.3 Å². The highest BCUT2D eigenvalue weighted by molar-refractivity contribution is 5.81. The molecule has 0 fully saturated rings. The fraction of sp³-hybridized carbons (Fsp3) is 0.765. The van der Waals surface area contributed by atoms with Crippen molar-refractivity contribution in [1.29, 1.82) is 0 Å². The summed E-state index contributed by atoms with van der Waals surface area (Å²) in [6, 6.07) is 0. The lowest BCUT2D eigenvalue weighted by Gasteiger charge is -2.24. The van der Waals surface area contributed by atoms with Gasteiger partial charge in [-0.2, -0.15) is 0 Å². The first-order valence-corrected chi connectivity index (χ1v) is 7.94. The average molecular weight is 298 g/mol. The van der Waals surface area contributed by atoms with Gasteiger partial charge in [-0.1, -0.05) is 45.1 Å². The molecule has 21 heavy (non-hydrogen) atoms. The van der Waals surface area contributed by atoms with Gasteiger partial charge in [0, 0.05) is 12.5 Å². The Morgan fingerprint density at radius 3 is 1.95 bits per heavy atom. The minimum Gasteiger partial charge on any atom is -0.481 e. The van der Waals surface area contributed by atoms with E-state index in [0.29, 0.717) is 6.42 Å². The molecule has 0 bridgehead atoms. The molecule has 0 rings (SSSR count). The van der Waals surface area contributed by atoms with E-state index in [1.807, 2.05) is 13.8 Å². The highest BCUT2D eigenvalue weighted by Crippen LogP contribution is 2.20. The summed E-state index contributed by atoms with van der Waals surface area (Å²) < 4.78 is 5.27. The van der Waals surface area contributed by atoms with Crippen molar-refractivity contribution in [2.45, 2.75) is 83.7 Å². The van der Waals surface area contributed by atoms with Crippen molar-refractivity contribution in [3.63, 3.8) is 0 Å². The van der Waals surface area contributed by atoms with Crippen LogP contribution < -0.4 is 0 Å². The molecular weight excluding hydrogens is 268 g/mol. The van der Waals surface area contributed by atoms with Crippen LogP contribution in [0.4, 0.5) is 0 Å². The second-order valence-corrected chi connectivity index (χ2v) is 6.11. The molecule has 0 heterocycles. The normalized spacial score (nSPS) is 11.1. The Morgan fingerprint density at radius 1 is 1.00 bits per heavy atom. The fourth-order valence-corrected chi connectivity index (χ4v) is 2.25. The SMILES string of the molecule is C=CC(=O)OC(C)(C)CCCCCCCCCCC(=O)O. The average Bonchev–Trinajstić information content (AvgIpc) is 2.39. The molecule has 0 aliphatic heterocycles. The third kappa shape index (κ3) is 13.4. The van der Waals surface area contributed by atoms with E-state index < -0.39 is 11.6 Å². The van der Waals surface area contributed by atoms with Gasteiger partial charge in [0.25, 0.3) is 0 Å². The summed E-state index contributed by atoms with van der Waals surface area (Å²) in [6.45, 7) is 7.25. The molecule has 0 aliphatic carbocycles. The lowest BCUT2D eigenvalue weighted by atomic mass is 9.99. The topological polar surface area (TPSA) is 63.6 Å². The maximum atomic E-state index is 11.2. The largest absolute Gasteiger partial charge is 0.481 e. The zero-order valence-electron chi connectivity index (χ0n) is 13.5. The Bertz CT molecular complexity index is 321. The number of hydrogen-bond acceptors (Lipinski definition) is 3. The molecule has 0 aromatic carbocycles. The van der Waals surface area contributed by atoms with Gasteiger partial charge in [0.15, 0.2) is 0 Å². The second kappa shape index (κ2) is 11.4. The molecule has 0 saturated carbocycles. The molecular formula is C17H30O4. The van der Waals surface area contributed by atoms with E-state index in [4.69, 9.17) is 9.84 Å². The first kappa shape index (κ1) is 19.7. The summed E-state index contributed by atoms with van der Waals surface area (Å²) in [5.74, 6) is -1.06. The van der Waals surface area contributed by atoms with Crippen LogP contribution in [0.2, 0.25) is 0 Å². The van der Waals surface area contributed by atoms with Crippen molar-refractivity contribution in [3.8, 4) is 0 Å². The van der Waals surface area contributed by atoms with Gasteiger partial charge in [-0.25, -0.2) is 4.79 Å². The quantitative estimate of drug-likeness (QED) is 0.309. The van der Waals surface area contributed by atoms with Crippen LogP contribution >= 0.6 is 0 Å². The van der Waals surface area contributed by atoms with Gasteiger partial charge in [-0.15, -0.1) is 0 Å². The summed E-state index contributed by atoms with van der Waals surface area (Å²) in [5, 5.41) is 8.51. The molecule has 1 N–H and O–H groups in total. The number of rotatable bonds is 13. The fourth-order valence-electron chi connectivity index (χ4n) is 2.25. The standard InChI is InChI=1S/C17H30O4/c1-4-16(20)21-17(2,3)14-12-10-8-6-5-7-9-11-13-15(18)19/h4H,1,5-14H2,2-3H3,(H,18,19). The molecule has 0 aromatic rings. The van der Waals surface area contributed by atoms with Crippen molar-refractivity contribution in [3.05, 3.63) is 12.7 Å². The van der Waals surface area contributed by atoms with Crippen LogP contribution in [0, 0.1) is 0 Å². The number of ether oxygens (including phenoxy) is 1. The number of esters is 1. The molecule has 0 saturated heterocycles. The number of carbonyl (C=O) groups excluding carboxylic acids is 1. The lowest BCUT2D eigenvalue weighted by molar-refractivity contribution is -0.150. The van der Waals surface area contributed by atoms with Crippen molar-refractivity contribution in [1.82, 2.24) is 0 Å². The Hall–Kier alpha value is -1.32. The maximum Gasteiger partial charge on any atom is 0.330 e. The lowest BCUT2D eigenvalue weighted by Crippen LogP contribution is -2.27. The minimum atomic E-state index is -0.699. The molecule has 0 atom stereocenters. The number of aliphatic carboxylic acids is 1. The molecule has 0 amide bonds. The number of carboxylic acid groups (broad SMARTS) is 1. The smallest absolute Gasteiger partial charge is 0.330 e. The number of carbonyl (C=O) groups is 2. The van der Waals surface area contributed by atoms with E-state index in [1.54, 1.807) is 0 Å². The third-order valence-corrected chi connectivity index (χ3v) is 3.46. The van der Waals surface area contributed by atoms with Crippen molar-refractivity contribution < 1.29 is 19.4 Å². The van der Waals surface area contributed by atoms with Gasteiger partial charge >= 0.3 is 11.9 Å². The van der Waals surface area contributed by atoms with Crippen LogP contribution in [-0.4, -0.2) is 22.6 Å². The predicted octanol–water partition coefficient (Wildman–Crippen LogP) is 4.48. The van der Waals surface area contributed by atoms with E-state index in [-0.39, 0.29) is 5.97 Å². The van der Waals surface area contributed by atoms with E-state index >= 15 is 0 Å². The highest BCUT2D eigenvalue weighted by Gasteiger charge is 2.20. The van der Waals surface area contributed by atoms with Crippen LogP contribution in [0.1, 0.15) is 78.1 Å². The molecule has 0 spiro atoms. The monoisotopic (exact) mass is 298 g/mol. The summed E-state index contributed by atoms with van der Waals surface area (Å²) >= 11 is 0. The summed E-state index contributed by atoms with van der Waals surface area (Å²) in [7, 11) is 0. The molecule has 0 unspecified atom stereocenters. The Labute approximate surface area is 128 Å². The molecule has 0 radical (unpaired) electrons. The van der Waals surface area contributed by atoms with Crippen molar-refractivity contribution in [2.75, 3.05) is 0 Å². The molecule has 4 nitrogen and oxygen atoms in total. The Morgan fingerprint density at radius 2 is 1.48 bits per heavy atom. The van der Waals surface area contributed by atoms with Crippen molar-refractivity contribution in [2.24, 2.45) is 0 Å². The number of carboxylic acids is 1. The summed E-state index contributed by atoms with van der Waals surface area (Å²) in [5.41, 5.74) is -0.415. The van der Waals surface area contributed by atoms with Gasteiger partial charge in [-0.05, 0) is 33.1 Å². The highest BCUT2D eigenvalue weighted by atomic mass is 16.6. The van der Waals surface area contributed by atoms with Gasteiger partial charge in [0.1, 0.15) is 5.60 Å². The second-order valence-electron chi connectivity index (χ2n) is 6.11. The zero-order valence-corrected chi connectivity index (χ0v) is 13.5. The van der Waals surface area contributed by atoms with Crippen LogP contribution in [0.5, 0.6) is 0 Å². The van der Waals surface area contributed by atoms with Gasteiger partial charge in [0.05, 0.1) is 0 Å². The molecule has 0 aromatic heterocycles. The van der Waals surface area contributed by atoms with Crippen LogP contribution in [-0.2, 0) is 14.3 Å². The minimum absolute atomic E-state index is 0.290. The predicted molar refractivity (Wildman–Crippen MR) is 84.2 cm³/mol. The van der Waals surface area contributed by atoms with E-state index in [2.05, 4.69) is 6.58 Å². The van der Waals surface area contributed by atoms with E-state index in [9.17, 15) is 9.59 Å². The molecule has 0 aliphatic rings. The van der Waals surface area contributed by atoms with Crippen molar-refractivity contribution >= 4 is 11.9 Å². The van der Waals surface area contributed by atoms with Crippen LogP contribution in [0.3, 0.4) is 0 Å². The van der Waals surface area contributed by atoms with Gasteiger partial charge in [0.2, 0.25) is 0 Å². The van der Waals surface area contributed by atoms with Crippen LogP contribution in [0.15, 0.2) is 12.7 Å². The number of unbranched alkanes of at least 4 members (excludes halogenated alkanes) is 7. The summed E-state index contributed by atoms with van der Waals surface area (Å²) in [4.78, 5) is 21.5. The van der Waals surface area contributed by atoms with Gasteiger partial charge < -0.3 is 9.84 Å². The first-order valence-electron chi connectivity index (χ1n) is 7.94. The van der Waals surface area contributed by atoms with E-state index in [0.717, 1.165) is 38.5 Å². The summed E-state index contributed by atoms with van der Waals surface area (Å²) in [6.07, 6.45) is 11.0. The number of hydrogen-bond donors (Lipinski definition) is 1. The third-order valence-electron chi connectivity index (χ3n) is 3.46. The zero-order chi connectivity index (χ0) is 16.1. The molecule has 4 heteroatoms. The molecule has 122 valence electrons.